The number of piperidine rings is 1. The van der Waals surface area contributed by atoms with Crippen molar-refractivity contribution in [2.45, 2.75) is 45.8 Å². The van der Waals surface area contributed by atoms with Gasteiger partial charge >= 0.3 is 6.03 Å². The van der Waals surface area contributed by atoms with E-state index in [1.807, 2.05) is 0 Å². The molecule has 0 aliphatic carbocycles. The van der Waals surface area contributed by atoms with Crippen molar-refractivity contribution < 1.29 is 34.5 Å². The number of amides is 2. The zero-order chi connectivity index (χ0) is 35.3. The van der Waals surface area contributed by atoms with Gasteiger partial charge in [0.25, 0.3) is 0 Å². The zero-order valence-corrected chi connectivity index (χ0v) is 17.3. The largest absolute Gasteiger partial charge is 0.493 e. The Kier molecular flexibility index (Phi) is 3.72. The van der Waals surface area contributed by atoms with Gasteiger partial charge in [-0.1, -0.05) is 38.0 Å². The van der Waals surface area contributed by atoms with Gasteiger partial charge in [0.1, 0.15) is 11.6 Å². The molecule has 0 saturated carbocycles. The van der Waals surface area contributed by atoms with Crippen LogP contribution in [0.4, 0.5) is 9.18 Å². The summed E-state index contributed by atoms with van der Waals surface area (Å²) in [5.74, 6) is -2.88. The van der Waals surface area contributed by atoms with E-state index in [9.17, 15) is 9.18 Å². The molecular weight excluding hydrogens is 393 g/mol. The van der Waals surface area contributed by atoms with Crippen LogP contribution in [0.25, 0.3) is 0 Å². The predicted octanol–water partition coefficient (Wildman–Crippen LogP) is 4.67. The topological polar surface area (TPSA) is 44.8 Å². The quantitative estimate of drug-likeness (QED) is 0.646. The first-order valence-electron chi connectivity index (χ1n) is 17.3. The highest BCUT2D eigenvalue weighted by Gasteiger charge is 2.27. The van der Waals surface area contributed by atoms with Crippen molar-refractivity contribution >= 4 is 6.03 Å². The second kappa shape index (κ2) is 11.1. The predicted molar refractivity (Wildman–Crippen MR) is 121 cm³/mol. The lowest BCUT2D eigenvalue weighted by molar-refractivity contribution is 0.127. The molecule has 5 nitrogen and oxygen atoms in total. The van der Waals surface area contributed by atoms with E-state index in [2.05, 4.69) is 5.32 Å². The Balaban J connectivity index is 2.05. The van der Waals surface area contributed by atoms with Gasteiger partial charge in [0, 0.05) is 23.2 Å². The van der Waals surface area contributed by atoms with E-state index in [0.29, 0.717) is 4.90 Å². The van der Waals surface area contributed by atoms with E-state index in [-0.39, 0.29) is 31.5 Å². The molecule has 6 heteroatoms. The van der Waals surface area contributed by atoms with Crippen LogP contribution in [-0.4, -0.2) is 48.5 Å². The van der Waals surface area contributed by atoms with Gasteiger partial charge in [0.05, 0.1) is 23.0 Å². The molecule has 1 saturated heterocycles. The average molecular weight is 443 g/mol. The molecule has 2 aromatic rings. The van der Waals surface area contributed by atoms with Crippen molar-refractivity contribution in [1.82, 2.24) is 15.1 Å². The smallest absolute Gasteiger partial charge is 0.318 e. The van der Waals surface area contributed by atoms with Crippen molar-refractivity contribution in [1.29, 1.82) is 0 Å². The Labute approximate surface area is 206 Å². The van der Waals surface area contributed by atoms with Gasteiger partial charge in [-0.25, -0.2) is 9.18 Å². The minimum absolute atomic E-state index is 0.0976. The van der Waals surface area contributed by atoms with E-state index in [0.717, 1.165) is 4.90 Å². The third-order valence-electron chi connectivity index (χ3n) is 4.34. The van der Waals surface area contributed by atoms with Crippen molar-refractivity contribution in [3.8, 4) is 5.75 Å². The summed E-state index contributed by atoms with van der Waals surface area (Å²) in [6, 6.07) is -9.57. The van der Waals surface area contributed by atoms with Crippen LogP contribution in [0.3, 0.4) is 0 Å². The monoisotopic (exact) mass is 442 g/mol. The Morgan fingerprint density at radius 1 is 1.23 bits per heavy atom. The first kappa shape index (κ1) is 10.3. The van der Waals surface area contributed by atoms with Crippen LogP contribution in [0.15, 0.2) is 48.3 Å². The molecule has 3 rings (SSSR count). The number of nitrogens with one attached hydrogen (secondary N) is 1. The van der Waals surface area contributed by atoms with Gasteiger partial charge in [0.15, 0.2) is 0 Å². The number of nitrogens with zero attached hydrogens (tertiary/aromatic N) is 2. The van der Waals surface area contributed by atoms with Gasteiger partial charge in [0.2, 0.25) is 0 Å². The molecule has 1 fully saturated rings. The molecule has 2 amide bonds. The molecule has 0 spiro atoms. The molecule has 0 aromatic heterocycles. The van der Waals surface area contributed by atoms with Crippen LogP contribution >= 0.6 is 0 Å². The second-order valence-corrected chi connectivity index (χ2v) is 7.23. The summed E-state index contributed by atoms with van der Waals surface area (Å²) in [5, 5.41) is 2.33. The summed E-state index contributed by atoms with van der Waals surface area (Å²) in [7, 11) is 0. The van der Waals surface area contributed by atoms with Crippen molar-refractivity contribution in [3.05, 3.63) is 65.3 Å². The summed E-state index contributed by atoms with van der Waals surface area (Å²) in [5.41, 5.74) is -1.30. The number of benzene rings is 2. The van der Waals surface area contributed by atoms with Crippen LogP contribution < -0.4 is 10.1 Å². The van der Waals surface area contributed by atoms with Crippen LogP contribution in [0.2, 0.25) is 0 Å². The minimum atomic E-state index is -3.13. The average Bonchev–Trinajstić information content (AvgIpc) is 2.95. The van der Waals surface area contributed by atoms with Crippen molar-refractivity contribution in [2.75, 3.05) is 26.6 Å². The molecule has 0 atom stereocenters. The number of likely N-dealkylation sites (tertiary alicyclic amines) is 1. The Morgan fingerprint density at radius 2 is 1.87 bits per heavy atom. The highest BCUT2D eigenvalue weighted by molar-refractivity contribution is 5.74. The normalized spacial score (nSPS) is 23.4. The maximum Gasteiger partial charge on any atom is 0.318 e. The van der Waals surface area contributed by atoms with Crippen molar-refractivity contribution in [3.63, 3.8) is 0 Å². The van der Waals surface area contributed by atoms with Gasteiger partial charge in [-0.15, -0.1) is 0 Å². The lowest BCUT2D eigenvalue weighted by Gasteiger charge is -2.37. The van der Waals surface area contributed by atoms with E-state index in [4.69, 9.17) is 25.3 Å². The van der Waals surface area contributed by atoms with Gasteiger partial charge < -0.3 is 19.9 Å². The van der Waals surface area contributed by atoms with E-state index in [1.54, 1.807) is 0 Å². The first-order chi connectivity index (χ1) is 21.0. The van der Waals surface area contributed by atoms with Gasteiger partial charge in [-0.05, 0) is 74.1 Å². The first-order valence-corrected chi connectivity index (χ1v) is 9.83. The van der Waals surface area contributed by atoms with Crippen molar-refractivity contribution in [2.24, 2.45) is 5.92 Å². The summed E-state index contributed by atoms with van der Waals surface area (Å²) in [6.45, 7) is -5.87. The molecule has 1 heterocycles. The molecule has 1 N–H and O–H groups in total. The molecule has 0 unspecified atom stereocenters. The highest BCUT2D eigenvalue weighted by atomic mass is 19.1. The number of halogens is 1. The molecule has 31 heavy (non-hydrogen) atoms. The fourth-order valence-corrected chi connectivity index (χ4v) is 2.80. The maximum absolute atomic E-state index is 14.3. The number of hydrogen-bond donors (Lipinski definition) is 1. The highest BCUT2D eigenvalue weighted by Crippen LogP contribution is 2.19. The van der Waals surface area contributed by atoms with E-state index in [1.165, 1.54) is 13.8 Å². The number of hydrogen-bond acceptors (Lipinski definition) is 3. The Morgan fingerprint density at radius 3 is 2.48 bits per heavy atom. The van der Waals surface area contributed by atoms with E-state index < -0.39 is 110 Å². The van der Waals surface area contributed by atoms with Crippen LogP contribution in [0, 0.1) is 11.7 Å². The molecule has 0 radical (unpaired) electrons. The summed E-state index contributed by atoms with van der Waals surface area (Å²) < 4.78 is 142. The maximum atomic E-state index is 14.3. The standard InChI is InChI=1S/C25H34FN3O2/c1-19(2)18-31-24-10-6-20(7-11-24)16-27-25(30)29(23-12-14-28(3)15-13-23)17-21-4-8-22(26)9-5-21/h4-11,19,23H,12-18H2,1-3H3,(H,27,30)/i3D3,4D,5D,6D,7D,8D,9D,10D,11D,17D2,18D2. The number of rotatable bonds is 8. The van der Waals surface area contributed by atoms with Crippen LogP contribution in [0.1, 0.15) is 58.4 Å². The SMILES string of the molecule is [2H]c1c([2H])c(C([2H])([2H])N(C(=O)NCc2c([2H])c([2H])c(OC([2H])([2H])C(C)C)c([2H])c2[2H])C2CCN(C([2H])([2H])[2H])CC2)c([2H])c([2H])c1F. The fourth-order valence-electron chi connectivity index (χ4n) is 2.80. The number of carbonyl (C=O) groups excluding carboxylic acids is 1. The molecule has 0 bridgehead atoms. The lowest BCUT2D eigenvalue weighted by Crippen LogP contribution is -2.49. The zero-order valence-electron chi connectivity index (χ0n) is 32.3. The molecule has 1 aliphatic rings. The summed E-state index contributed by atoms with van der Waals surface area (Å²) in [6.07, 6.45) is -0.195. The molecule has 168 valence electrons. The summed E-state index contributed by atoms with van der Waals surface area (Å²) in [4.78, 5) is 15.5. The van der Waals surface area contributed by atoms with Crippen LogP contribution in [-0.2, 0) is 13.0 Å². The Hall–Kier alpha value is -2.60. The molecule has 2 aromatic carbocycles. The van der Waals surface area contributed by atoms with Gasteiger partial charge in [-0.3, -0.25) is 0 Å². The molecular formula is C25H34FN3O2. The Bertz CT molecular complexity index is 1440. The molecule has 1 aliphatic heterocycles. The fraction of sp³-hybridized carbons (Fsp3) is 0.480. The number of carbonyl (C=O) groups is 1. The minimum Gasteiger partial charge on any atom is -0.493 e. The third kappa shape index (κ3) is 7.24. The van der Waals surface area contributed by atoms with E-state index >= 15 is 0 Å². The number of ether oxygens (including phenoxy) is 1. The lowest BCUT2D eigenvalue weighted by atomic mass is 10.0. The number of urea groups is 1. The van der Waals surface area contributed by atoms with Gasteiger partial charge in [-0.2, -0.15) is 0 Å². The van der Waals surface area contributed by atoms with Crippen LogP contribution in [0.5, 0.6) is 5.75 Å². The summed E-state index contributed by atoms with van der Waals surface area (Å²) >= 11 is 0. The second-order valence-electron chi connectivity index (χ2n) is 7.23. The third-order valence-corrected chi connectivity index (χ3v) is 4.34.